The maximum atomic E-state index is 6.10. The van der Waals surface area contributed by atoms with Crippen LogP contribution in [-0.2, 0) is 4.74 Å². The molecule has 0 bridgehead atoms. The lowest BCUT2D eigenvalue weighted by molar-refractivity contribution is 0.0457. The van der Waals surface area contributed by atoms with E-state index in [0.717, 1.165) is 32.6 Å². The van der Waals surface area contributed by atoms with Crippen LogP contribution < -0.4 is 5.73 Å². The van der Waals surface area contributed by atoms with E-state index in [1.54, 1.807) is 0 Å². The molecule has 4 heteroatoms. The Labute approximate surface area is 103 Å². The first-order valence-corrected chi connectivity index (χ1v) is 7.56. The van der Waals surface area contributed by atoms with Crippen LogP contribution in [0.1, 0.15) is 26.2 Å². The molecule has 94 valence electrons. The molecule has 0 aliphatic carbocycles. The molecule has 16 heavy (non-hydrogen) atoms. The summed E-state index contributed by atoms with van der Waals surface area (Å²) in [6.07, 6.45) is 3.48. The van der Waals surface area contributed by atoms with Crippen LogP contribution in [0.2, 0.25) is 0 Å². The van der Waals surface area contributed by atoms with E-state index in [4.69, 9.17) is 10.5 Å². The molecular weight excluding hydrogens is 220 g/mol. The Morgan fingerprint density at radius 2 is 2.31 bits per heavy atom. The minimum Gasteiger partial charge on any atom is -0.381 e. The smallest absolute Gasteiger partial charge is 0.0484 e. The van der Waals surface area contributed by atoms with Crippen molar-refractivity contribution in [3.63, 3.8) is 0 Å². The van der Waals surface area contributed by atoms with E-state index in [0.29, 0.717) is 6.04 Å². The average molecular weight is 244 g/mol. The van der Waals surface area contributed by atoms with Gasteiger partial charge < -0.3 is 10.5 Å². The summed E-state index contributed by atoms with van der Waals surface area (Å²) in [6, 6.07) is 0.667. The Kier molecular flexibility index (Phi) is 4.53. The number of hydrogen-bond donors (Lipinski definition) is 1. The number of rotatable bonds is 2. The summed E-state index contributed by atoms with van der Waals surface area (Å²) >= 11 is 2.07. The van der Waals surface area contributed by atoms with Crippen molar-refractivity contribution < 1.29 is 4.74 Å². The van der Waals surface area contributed by atoms with Crippen LogP contribution >= 0.6 is 11.8 Å². The van der Waals surface area contributed by atoms with Gasteiger partial charge in [0.15, 0.2) is 0 Å². The molecule has 2 saturated heterocycles. The number of hydrogen-bond acceptors (Lipinski definition) is 4. The van der Waals surface area contributed by atoms with Crippen molar-refractivity contribution >= 4 is 11.8 Å². The number of nitrogens with zero attached hydrogens (tertiary/aromatic N) is 1. The SMILES string of the molecule is CC1CSCCN1C1(CN)CCCOCC1. The van der Waals surface area contributed by atoms with E-state index < -0.39 is 0 Å². The Hall–Kier alpha value is 0.230. The summed E-state index contributed by atoms with van der Waals surface area (Å²) in [5.41, 5.74) is 6.32. The quantitative estimate of drug-likeness (QED) is 0.795. The van der Waals surface area contributed by atoms with Crippen LogP contribution in [0.3, 0.4) is 0 Å². The van der Waals surface area contributed by atoms with Crippen molar-refractivity contribution in [2.45, 2.75) is 37.8 Å². The van der Waals surface area contributed by atoms with Crippen LogP contribution in [0, 0.1) is 0 Å². The summed E-state index contributed by atoms with van der Waals surface area (Å²) in [6.45, 7) is 6.12. The zero-order valence-electron chi connectivity index (χ0n) is 10.3. The fourth-order valence-corrected chi connectivity index (χ4v) is 4.05. The minimum absolute atomic E-state index is 0.219. The van der Waals surface area contributed by atoms with Gasteiger partial charge in [0.2, 0.25) is 0 Å². The summed E-state index contributed by atoms with van der Waals surface area (Å²) in [5, 5.41) is 0. The molecule has 2 N–H and O–H groups in total. The highest BCUT2D eigenvalue weighted by Gasteiger charge is 2.39. The second-order valence-electron chi connectivity index (χ2n) is 5.01. The minimum atomic E-state index is 0.219. The molecule has 0 saturated carbocycles. The average Bonchev–Trinajstić information content (AvgIpc) is 2.56. The van der Waals surface area contributed by atoms with Gasteiger partial charge in [-0.2, -0.15) is 11.8 Å². The van der Waals surface area contributed by atoms with Gasteiger partial charge in [-0.1, -0.05) is 0 Å². The second-order valence-corrected chi connectivity index (χ2v) is 6.16. The van der Waals surface area contributed by atoms with Crippen LogP contribution in [0.15, 0.2) is 0 Å². The van der Waals surface area contributed by atoms with Crippen molar-refractivity contribution in [1.29, 1.82) is 0 Å². The van der Waals surface area contributed by atoms with Crippen molar-refractivity contribution in [1.82, 2.24) is 4.90 Å². The third-order valence-corrected chi connectivity index (χ3v) is 5.19. The van der Waals surface area contributed by atoms with E-state index in [1.165, 1.54) is 24.5 Å². The van der Waals surface area contributed by atoms with Crippen LogP contribution in [0.25, 0.3) is 0 Å². The van der Waals surface area contributed by atoms with Crippen molar-refractivity contribution in [3.8, 4) is 0 Å². The standard InChI is InChI=1S/C12H24N2OS/c1-11-9-16-8-5-14(11)12(10-13)3-2-6-15-7-4-12/h11H,2-10,13H2,1H3. The van der Waals surface area contributed by atoms with Crippen molar-refractivity contribution in [2.75, 3.05) is 37.8 Å². The van der Waals surface area contributed by atoms with E-state index >= 15 is 0 Å². The lowest BCUT2D eigenvalue weighted by Crippen LogP contribution is -2.60. The Morgan fingerprint density at radius 1 is 1.44 bits per heavy atom. The highest BCUT2D eigenvalue weighted by Crippen LogP contribution is 2.32. The fourth-order valence-electron chi connectivity index (χ4n) is 3.03. The number of thioether (sulfide) groups is 1. The van der Waals surface area contributed by atoms with Crippen LogP contribution in [0.4, 0.5) is 0 Å². The second kappa shape index (κ2) is 5.71. The predicted molar refractivity (Wildman–Crippen MR) is 69.9 cm³/mol. The lowest BCUT2D eigenvalue weighted by Gasteiger charge is -2.48. The third kappa shape index (κ3) is 2.55. The molecule has 2 unspecified atom stereocenters. The molecule has 3 nitrogen and oxygen atoms in total. The maximum Gasteiger partial charge on any atom is 0.0484 e. The molecule has 2 rings (SSSR count). The Balaban J connectivity index is 2.10. The summed E-state index contributed by atoms with van der Waals surface area (Å²) < 4.78 is 5.59. The first-order chi connectivity index (χ1) is 7.78. The van der Waals surface area contributed by atoms with Gasteiger partial charge in [0.05, 0.1) is 0 Å². The van der Waals surface area contributed by atoms with E-state index in [9.17, 15) is 0 Å². The van der Waals surface area contributed by atoms with Gasteiger partial charge in [0, 0.05) is 49.4 Å². The van der Waals surface area contributed by atoms with Gasteiger partial charge in [-0.25, -0.2) is 0 Å². The molecule has 0 radical (unpaired) electrons. The first-order valence-electron chi connectivity index (χ1n) is 6.41. The van der Waals surface area contributed by atoms with Gasteiger partial charge in [-0.3, -0.25) is 4.90 Å². The molecule has 2 heterocycles. The number of nitrogens with two attached hydrogens (primary N) is 1. The topological polar surface area (TPSA) is 38.5 Å². The highest BCUT2D eigenvalue weighted by molar-refractivity contribution is 7.99. The zero-order chi connectivity index (χ0) is 11.4. The molecule has 2 aliphatic rings. The van der Waals surface area contributed by atoms with Gasteiger partial charge in [-0.05, 0) is 26.2 Å². The summed E-state index contributed by atoms with van der Waals surface area (Å²) in [7, 11) is 0. The van der Waals surface area contributed by atoms with Crippen LogP contribution in [-0.4, -0.2) is 54.3 Å². The van der Waals surface area contributed by atoms with E-state index in [2.05, 4.69) is 23.6 Å². The van der Waals surface area contributed by atoms with Gasteiger partial charge in [0.1, 0.15) is 0 Å². The molecule has 0 amide bonds. The Morgan fingerprint density at radius 3 is 3.06 bits per heavy atom. The molecule has 2 atom stereocenters. The largest absolute Gasteiger partial charge is 0.381 e. The third-order valence-electron chi connectivity index (χ3n) is 4.00. The highest BCUT2D eigenvalue weighted by atomic mass is 32.2. The molecule has 2 fully saturated rings. The molecule has 0 spiro atoms. The van der Waals surface area contributed by atoms with E-state index in [1.807, 2.05) is 0 Å². The maximum absolute atomic E-state index is 6.10. The molecule has 2 aliphatic heterocycles. The van der Waals surface area contributed by atoms with Crippen LogP contribution in [0.5, 0.6) is 0 Å². The Bertz CT molecular complexity index is 217. The zero-order valence-corrected chi connectivity index (χ0v) is 11.1. The lowest BCUT2D eigenvalue weighted by atomic mass is 9.87. The summed E-state index contributed by atoms with van der Waals surface area (Å²) in [4.78, 5) is 2.66. The van der Waals surface area contributed by atoms with Crippen molar-refractivity contribution in [2.24, 2.45) is 5.73 Å². The molecule has 0 aromatic heterocycles. The van der Waals surface area contributed by atoms with Gasteiger partial charge in [0.25, 0.3) is 0 Å². The monoisotopic (exact) mass is 244 g/mol. The molecular formula is C12H24N2OS. The summed E-state index contributed by atoms with van der Waals surface area (Å²) in [5.74, 6) is 2.51. The first kappa shape index (κ1) is 12.7. The number of ether oxygens (including phenoxy) is 1. The van der Waals surface area contributed by atoms with Gasteiger partial charge in [-0.15, -0.1) is 0 Å². The normalized spacial score (nSPS) is 38.2. The molecule has 0 aromatic rings. The molecule has 0 aromatic carbocycles. The predicted octanol–water partition coefficient (Wildman–Crippen LogP) is 1.32. The van der Waals surface area contributed by atoms with E-state index in [-0.39, 0.29) is 5.54 Å². The fraction of sp³-hybridized carbons (Fsp3) is 1.00. The van der Waals surface area contributed by atoms with Crippen molar-refractivity contribution in [3.05, 3.63) is 0 Å². The van der Waals surface area contributed by atoms with Gasteiger partial charge >= 0.3 is 0 Å².